The lowest BCUT2D eigenvalue weighted by Gasteiger charge is -1.94. The molecule has 0 N–H and O–H groups in total. The van der Waals surface area contributed by atoms with Crippen molar-refractivity contribution in [2.45, 2.75) is 6.92 Å². The monoisotopic (exact) mass is 258 g/mol. The average Bonchev–Trinajstić information content (AvgIpc) is 3.07. The standard InChI is InChI=1S/C8H8O2.C7H6O2/c1-6-2-3-7-8(4-6)10-5-9-7;1-2-4-7-6(3-1)8-5-9-7/h2-4H,5H2,1H3;1-4H,5H2. The van der Waals surface area contributed by atoms with E-state index in [1.165, 1.54) is 5.56 Å². The maximum absolute atomic E-state index is 5.16. The first-order chi connectivity index (χ1) is 9.33. The van der Waals surface area contributed by atoms with Crippen LogP contribution in [0.25, 0.3) is 0 Å². The normalized spacial score (nSPS) is 13.7. The van der Waals surface area contributed by atoms with Gasteiger partial charge >= 0.3 is 0 Å². The summed E-state index contributed by atoms with van der Waals surface area (Å²) in [5.41, 5.74) is 1.20. The van der Waals surface area contributed by atoms with Gasteiger partial charge in [-0.2, -0.15) is 0 Å². The van der Waals surface area contributed by atoms with Gasteiger partial charge < -0.3 is 18.9 Å². The quantitative estimate of drug-likeness (QED) is 0.727. The van der Waals surface area contributed by atoms with Gasteiger partial charge in [-0.05, 0) is 36.8 Å². The number of fused-ring (bicyclic) bond motifs is 2. The van der Waals surface area contributed by atoms with E-state index in [0.717, 1.165) is 23.0 Å². The van der Waals surface area contributed by atoms with E-state index in [1.807, 2.05) is 49.4 Å². The molecule has 2 aromatic rings. The Balaban J connectivity index is 0.000000117. The highest BCUT2D eigenvalue weighted by Gasteiger charge is 2.11. The van der Waals surface area contributed by atoms with Gasteiger partial charge in [0.25, 0.3) is 0 Å². The number of hydrogen-bond acceptors (Lipinski definition) is 4. The highest BCUT2D eigenvalue weighted by atomic mass is 16.7. The molecule has 4 rings (SSSR count). The third-order valence-corrected chi connectivity index (χ3v) is 2.81. The minimum atomic E-state index is 0.360. The maximum Gasteiger partial charge on any atom is 0.231 e. The van der Waals surface area contributed by atoms with Crippen molar-refractivity contribution in [3.8, 4) is 23.0 Å². The summed E-state index contributed by atoms with van der Waals surface area (Å²) in [6, 6.07) is 13.5. The van der Waals surface area contributed by atoms with E-state index >= 15 is 0 Å². The van der Waals surface area contributed by atoms with Crippen LogP contribution in [0.3, 0.4) is 0 Å². The Labute approximate surface area is 111 Å². The summed E-state index contributed by atoms with van der Waals surface area (Å²) in [5, 5.41) is 0. The van der Waals surface area contributed by atoms with Crippen molar-refractivity contribution in [3.05, 3.63) is 48.0 Å². The molecule has 19 heavy (non-hydrogen) atoms. The Morgan fingerprint density at radius 1 is 0.684 bits per heavy atom. The topological polar surface area (TPSA) is 36.9 Å². The molecule has 0 fully saturated rings. The first-order valence-corrected chi connectivity index (χ1v) is 6.04. The fourth-order valence-electron chi connectivity index (χ4n) is 1.85. The molecule has 98 valence electrons. The fourth-order valence-corrected chi connectivity index (χ4v) is 1.85. The molecule has 2 aliphatic rings. The lowest BCUT2D eigenvalue weighted by atomic mass is 10.2. The third kappa shape index (κ3) is 2.57. The lowest BCUT2D eigenvalue weighted by Crippen LogP contribution is -1.92. The summed E-state index contributed by atoms with van der Waals surface area (Å²) in [6.45, 7) is 2.75. The largest absolute Gasteiger partial charge is 0.454 e. The number of hydrogen-bond donors (Lipinski definition) is 0. The van der Waals surface area contributed by atoms with Crippen molar-refractivity contribution in [1.29, 1.82) is 0 Å². The number of para-hydroxylation sites is 2. The van der Waals surface area contributed by atoms with E-state index in [-0.39, 0.29) is 0 Å². The first kappa shape index (κ1) is 11.7. The zero-order chi connectivity index (χ0) is 13.1. The van der Waals surface area contributed by atoms with Crippen molar-refractivity contribution < 1.29 is 18.9 Å². The molecular formula is C15H14O4. The predicted molar refractivity (Wildman–Crippen MR) is 69.9 cm³/mol. The SMILES string of the molecule is Cc1ccc2c(c1)OCO2.c1ccc2c(c1)OCO2. The van der Waals surface area contributed by atoms with Crippen molar-refractivity contribution >= 4 is 0 Å². The van der Waals surface area contributed by atoms with Crippen LogP contribution in [0.1, 0.15) is 5.56 Å². The second-order valence-corrected chi connectivity index (χ2v) is 4.21. The molecule has 0 saturated carbocycles. The average molecular weight is 258 g/mol. The van der Waals surface area contributed by atoms with Gasteiger partial charge in [0.2, 0.25) is 13.6 Å². The first-order valence-electron chi connectivity index (χ1n) is 6.04. The smallest absolute Gasteiger partial charge is 0.231 e. The van der Waals surface area contributed by atoms with Crippen LogP contribution in [0.15, 0.2) is 42.5 Å². The van der Waals surface area contributed by atoms with E-state index in [1.54, 1.807) is 0 Å². The van der Waals surface area contributed by atoms with E-state index < -0.39 is 0 Å². The molecule has 0 radical (unpaired) electrons. The molecule has 0 spiro atoms. The molecule has 2 aliphatic heterocycles. The number of aryl methyl sites for hydroxylation is 1. The van der Waals surface area contributed by atoms with Crippen molar-refractivity contribution in [3.63, 3.8) is 0 Å². The zero-order valence-electron chi connectivity index (χ0n) is 10.6. The van der Waals surface area contributed by atoms with E-state index in [4.69, 9.17) is 18.9 Å². The summed E-state index contributed by atoms with van der Waals surface area (Å²) in [7, 11) is 0. The molecular weight excluding hydrogens is 244 g/mol. The predicted octanol–water partition coefficient (Wildman–Crippen LogP) is 3.14. The number of rotatable bonds is 0. The highest BCUT2D eigenvalue weighted by Crippen LogP contribution is 2.32. The molecule has 0 aromatic heterocycles. The Hall–Kier alpha value is -2.36. The van der Waals surface area contributed by atoms with Crippen LogP contribution < -0.4 is 18.9 Å². The molecule has 0 atom stereocenters. The van der Waals surface area contributed by atoms with Gasteiger partial charge in [0, 0.05) is 0 Å². The number of ether oxygens (including phenoxy) is 4. The molecule has 0 unspecified atom stereocenters. The van der Waals surface area contributed by atoms with Crippen molar-refractivity contribution in [2.75, 3.05) is 13.6 Å². The third-order valence-electron chi connectivity index (χ3n) is 2.81. The maximum atomic E-state index is 5.16. The van der Waals surface area contributed by atoms with E-state index in [2.05, 4.69) is 0 Å². The zero-order valence-corrected chi connectivity index (χ0v) is 10.6. The highest BCUT2D eigenvalue weighted by molar-refractivity contribution is 5.44. The Morgan fingerprint density at radius 3 is 1.84 bits per heavy atom. The van der Waals surface area contributed by atoms with Gasteiger partial charge in [-0.3, -0.25) is 0 Å². The van der Waals surface area contributed by atoms with Gasteiger partial charge in [0.1, 0.15) is 0 Å². The Kier molecular flexibility index (Phi) is 3.14. The summed E-state index contributed by atoms with van der Waals surface area (Å²) < 4.78 is 20.4. The van der Waals surface area contributed by atoms with Gasteiger partial charge in [-0.25, -0.2) is 0 Å². The molecule has 4 heteroatoms. The summed E-state index contributed by atoms with van der Waals surface area (Å²) in [6.07, 6.45) is 0. The molecule has 0 aliphatic carbocycles. The van der Waals surface area contributed by atoms with Gasteiger partial charge in [-0.1, -0.05) is 18.2 Å². The second kappa shape index (κ2) is 5.10. The minimum Gasteiger partial charge on any atom is -0.454 e. The van der Waals surface area contributed by atoms with Crippen LogP contribution in [-0.2, 0) is 0 Å². The molecule has 2 aromatic carbocycles. The van der Waals surface area contributed by atoms with Crippen LogP contribution in [0, 0.1) is 6.92 Å². The molecule has 2 heterocycles. The van der Waals surface area contributed by atoms with Crippen LogP contribution in [0.4, 0.5) is 0 Å². The van der Waals surface area contributed by atoms with Crippen LogP contribution in [0.5, 0.6) is 23.0 Å². The van der Waals surface area contributed by atoms with Gasteiger partial charge in [0.15, 0.2) is 23.0 Å². The van der Waals surface area contributed by atoms with Crippen molar-refractivity contribution in [2.24, 2.45) is 0 Å². The molecule has 4 nitrogen and oxygen atoms in total. The molecule has 0 amide bonds. The Bertz CT molecular complexity index is 557. The van der Waals surface area contributed by atoms with E-state index in [9.17, 15) is 0 Å². The van der Waals surface area contributed by atoms with Gasteiger partial charge in [0.05, 0.1) is 0 Å². The van der Waals surface area contributed by atoms with Gasteiger partial charge in [-0.15, -0.1) is 0 Å². The van der Waals surface area contributed by atoms with Crippen LogP contribution >= 0.6 is 0 Å². The summed E-state index contributed by atoms with van der Waals surface area (Å²) in [4.78, 5) is 0. The molecule has 0 bridgehead atoms. The Morgan fingerprint density at radius 2 is 1.21 bits per heavy atom. The van der Waals surface area contributed by atoms with Crippen molar-refractivity contribution in [1.82, 2.24) is 0 Å². The minimum absolute atomic E-state index is 0.360. The lowest BCUT2D eigenvalue weighted by molar-refractivity contribution is 0.173. The summed E-state index contributed by atoms with van der Waals surface area (Å²) >= 11 is 0. The molecule has 0 saturated heterocycles. The summed E-state index contributed by atoms with van der Waals surface area (Å²) in [5.74, 6) is 3.40. The van der Waals surface area contributed by atoms with Crippen LogP contribution in [0.2, 0.25) is 0 Å². The second-order valence-electron chi connectivity index (χ2n) is 4.21. The fraction of sp³-hybridized carbons (Fsp3) is 0.200. The number of benzene rings is 2. The van der Waals surface area contributed by atoms with E-state index in [0.29, 0.717) is 13.6 Å². The van der Waals surface area contributed by atoms with Crippen LogP contribution in [-0.4, -0.2) is 13.6 Å².